The Morgan fingerprint density at radius 3 is 3.03 bits per heavy atom. The third kappa shape index (κ3) is 6.15. The highest BCUT2D eigenvalue weighted by Crippen LogP contribution is 2.25. The minimum Gasteiger partial charge on any atom is -0.441 e. The molecule has 1 aliphatic heterocycles. The molecule has 29 heavy (non-hydrogen) atoms. The standard InChI is InChI=1S/C23H33N3O3/c1-4-28-13-7-11-24-22(27)20-10-6-12-26(15-20)16-21-18(3)29-23(25-21)19-9-5-8-17(2)14-19/h5,8-9,14,20H,4,6-7,10-13,15-16H2,1-3H3,(H,24,27). The zero-order chi connectivity index (χ0) is 20.6. The molecule has 1 fully saturated rings. The van der Waals surface area contributed by atoms with Crippen molar-refractivity contribution in [2.45, 2.75) is 46.6 Å². The van der Waals surface area contributed by atoms with Gasteiger partial charge in [0.25, 0.3) is 0 Å². The number of nitrogens with zero attached hydrogens (tertiary/aromatic N) is 2. The fourth-order valence-corrected chi connectivity index (χ4v) is 3.78. The number of benzene rings is 1. The molecule has 6 nitrogen and oxygen atoms in total. The predicted molar refractivity (Wildman–Crippen MR) is 114 cm³/mol. The van der Waals surface area contributed by atoms with Gasteiger partial charge in [0.1, 0.15) is 5.76 Å². The van der Waals surface area contributed by atoms with E-state index in [-0.39, 0.29) is 11.8 Å². The summed E-state index contributed by atoms with van der Waals surface area (Å²) in [5.74, 6) is 1.72. The number of carbonyl (C=O) groups excluding carboxylic acids is 1. The van der Waals surface area contributed by atoms with E-state index in [2.05, 4.69) is 29.3 Å². The molecule has 0 aliphatic carbocycles. The van der Waals surface area contributed by atoms with Gasteiger partial charge < -0.3 is 14.5 Å². The van der Waals surface area contributed by atoms with Gasteiger partial charge >= 0.3 is 0 Å². The van der Waals surface area contributed by atoms with E-state index in [9.17, 15) is 4.79 Å². The molecule has 1 aromatic carbocycles. The van der Waals surface area contributed by atoms with Crippen LogP contribution in [0.25, 0.3) is 11.5 Å². The summed E-state index contributed by atoms with van der Waals surface area (Å²) in [6, 6.07) is 8.19. The molecule has 158 valence electrons. The number of likely N-dealkylation sites (tertiary alicyclic amines) is 1. The molecule has 1 aromatic heterocycles. The van der Waals surface area contributed by atoms with Gasteiger partial charge in [-0.1, -0.05) is 17.7 Å². The second-order valence-electron chi connectivity index (χ2n) is 7.81. The maximum Gasteiger partial charge on any atom is 0.226 e. The number of carbonyl (C=O) groups is 1. The fraction of sp³-hybridized carbons (Fsp3) is 0.565. The number of rotatable bonds is 9. The van der Waals surface area contributed by atoms with Crippen LogP contribution in [0.1, 0.15) is 43.2 Å². The van der Waals surface area contributed by atoms with Crippen LogP contribution in [-0.2, 0) is 16.1 Å². The topological polar surface area (TPSA) is 67.6 Å². The van der Waals surface area contributed by atoms with Gasteiger partial charge in [0.05, 0.1) is 11.6 Å². The summed E-state index contributed by atoms with van der Waals surface area (Å²) in [7, 11) is 0. The number of hydrogen-bond donors (Lipinski definition) is 1. The van der Waals surface area contributed by atoms with Crippen molar-refractivity contribution >= 4 is 5.91 Å². The minimum atomic E-state index is 0.0410. The maximum atomic E-state index is 12.5. The van der Waals surface area contributed by atoms with Crippen LogP contribution in [0.15, 0.2) is 28.7 Å². The molecular weight excluding hydrogens is 366 g/mol. The van der Waals surface area contributed by atoms with Gasteiger partial charge in [-0.3, -0.25) is 9.69 Å². The largest absolute Gasteiger partial charge is 0.441 e. The number of ether oxygens (including phenoxy) is 1. The van der Waals surface area contributed by atoms with Crippen molar-refractivity contribution in [3.8, 4) is 11.5 Å². The zero-order valence-corrected chi connectivity index (χ0v) is 17.9. The molecule has 6 heteroatoms. The van der Waals surface area contributed by atoms with Gasteiger partial charge in [0.15, 0.2) is 0 Å². The first-order valence-corrected chi connectivity index (χ1v) is 10.7. The number of hydrogen-bond acceptors (Lipinski definition) is 5. The summed E-state index contributed by atoms with van der Waals surface area (Å²) in [4.78, 5) is 19.6. The van der Waals surface area contributed by atoms with Crippen molar-refractivity contribution in [3.05, 3.63) is 41.3 Å². The van der Waals surface area contributed by atoms with Crippen LogP contribution in [0.2, 0.25) is 0 Å². The molecule has 2 heterocycles. The van der Waals surface area contributed by atoms with E-state index in [4.69, 9.17) is 14.1 Å². The van der Waals surface area contributed by atoms with E-state index in [0.29, 0.717) is 19.0 Å². The maximum absolute atomic E-state index is 12.5. The predicted octanol–water partition coefficient (Wildman–Crippen LogP) is 3.71. The lowest BCUT2D eigenvalue weighted by molar-refractivity contribution is -0.126. The third-order valence-corrected chi connectivity index (χ3v) is 5.38. The molecule has 1 amide bonds. The monoisotopic (exact) mass is 399 g/mol. The molecule has 1 aliphatic rings. The molecule has 0 saturated carbocycles. The van der Waals surface area contributed by atoms with Gasteiger partial charge in [-0.15, -0.1) is 0 Å². The molecule has 0 radical (unpaired) electrons. The second kappa shape index (κ2) is 10.6. The molecule has 1 atom stereocenters. The molecule has 3 rings (SSSR count). The van der Waals surface area contributed by atoms with Crippen LogP contribution in [0.4, 0.5) is 0 Å². The lowest BCUT2D eigenvalue weighted by atomic mass is 9.97. The zero-order valence-electron chi connectivity index (χ0n) is 17.9. The summed E-state index contributed by atoms with van der Waals surface area (Å²) in [6.07, 6.45) is 2.83. The van der Waals surface area contributed by atoms with E-state index >= 15 is 0 Å². The lowest BCUT2D eigenvalue weighted by Gasteiger charge is -2.31. The molecule has 0 bridgehead atoms. The van der Waals surface area contributed by atoms with Crippen LogP contribution in [-0.4, -0.2) is 48.6 Å². The van der Waals surface area contributed by atoms with E-state index in [0.717, 1.165) is 62.5 Å². The Bertz CT molecular complexity index is 802. The highest BCUT2D eigenvalue weighted by molar-refractivity contribution is 5.78. The van der Waals surface area contributed by atoms with Crippen molar-refractivity contribution in [3.63, 3.8) is 0 Å². The Balaban J connectivity index is 1.54. The minimum absolute atomic E-state index is 0.0410. The smallest absolute Gasteiger partial charge is 0.226 e. The average molecular weight is 400 g/mol. The van der Waals surface area contributed by atoms with Gasteiger partial charge in [-0.05, 0) is 58.7 Å². The summed E-state index contributed by atoms with van der Waals surface area (Å²) in [5, 5.41) is 3.06. The highest BCUT2D eigenvalue weighted by atomic mass is 16.5. The fourth-order valence-electron chi connectivity index (χ4n) is 3.78. The number of aryl methyl sites for hydroxylation is 2. The van der Waals surface area contributed by atoms with Gasteiger partial charge in [0.2, 0.25) is 11.8 Å². The highest BCUT2D eigenvalue weighted by Gasteiger charge is 2.26. The van der Waals surface area contributed by atoms with E-state index < -0.39 is 0 Å². The number of amides is 1. The van der Waals surface area contributed by atoms with Gasteiger partial charge in [-0.2, -0.15) is 0 Å². The first-order chi connectivity index (χ1) is 14.1. The summed E-state index contributed by atoms with van der Waals surface area (Å²) in [5.41, 5.74) is 3.15. The Kier molecular flexibility index (Phi) is 7.83. The van der Waals surface area contributed by atoms with Crippen molar-refractivity contribution < 1.29 is 13.9 Å². The Morgan fingerprint density at radius 2 is 2.24 bits per heavy atom. The van der Waals surface area contributed by atoms with E-state index in [1.165, 1.54) is 5.56 Å². The third-order valence-electron chi connectivity index (χ3n) is 5.38. The van der Waals surface area contributed by atoms with Crippen molar-refractivity contribution in [1.82, 2.24) is 15.2 Å². The second-order valence-corrected chi connectivity index (χ2v) is 7.81. The van der Waals surface area contributed by atoms with E-state index in [1.54, 1.807) is 0 Å². The summed E-state index contributed by atoms with van der Waals surface area (Å²) >= 11 is 0. The lowest BCUT2D eigenvalue weighted by Crippen LogP contribution is -2.43. The first kappa shape index (κ1) is 21.5. The van der Waals surface area contributed by atoms with Crippen LogP contribution in [0.5, 0.6) is 0 Å². The SMILES string of the molecule is CCOCCCNC(=O)C1CCCN(Cc2nc(-c3cccc(C)c3)oc2C)C1. The number of aromatic nitrogens is 1. The number of oxazole rings is 1. The van der Waals surface area contributed by atoms with Crippen molar-refractivity contribution in [1.29, 1.82) is 0 Å². The van der Waals surface area contributed by atoms with Crippen LogP contribution < -0.4 is 5.32 Å². The van der Waals surface area contributed by atoms with Gasteiger partial charge in [0, 0.05) is 38.4 Å². The van der Waals surface area contributed by atoms with Crippen molar-refractivity contribution in [2.24, 2.45) is 5.92 Å². The normalized spacial score (nSPS) is 17.4. The molecule has 0 spiro atoms. The van der Waals surface area contributed by atoms with Crippen LogP contribution in [0, 0.1) is 19.8 Å². The Hall–Kier alpha value is -2.18. The molecular formula is C23H33N3O3. The summed E-state index contributed by atoms with van der Waals surface area (Å²) < 4.78 is 11.2. The average Bonchev–Trinajstić information content (AvgIpc) is 3.08. The molecule has 2 aromatic rings. The van der Waals surface area contributed by atoms with Crippen molar-refractivity contribution in [2.75, 3.05) is 32.8 Å². The van der Waals surface area contributed by atoms with Crippen LogP contribution >= 0.6 is 0 Å². The van der Waals surface area contributed by atoms with E-state index in [1.807, 2.05) is 26.0 Å². The van der Waals surface area contributed by atoms with Gasteiger partial charge in [-0.25, -0.2) is 4.98 Å². The number of nitrogens with one attached hydrogen (secondary N) is 1. The molecule has 1 N–H and O–H groups in total. The summed E-state index contributed by atoms with van der Waals surface area (Å²) in [6.45, 7) is 10.6. The quantitative estimate of drug-likeness (QED) is 0.651. The molecule has 1 unspecified atom stereocenters. The molecule has 1 saturated heterocycles. The Morgan fingerprint density at radius 1 is 1.38 bits per heavy atom. The first-order valence-electron chi connectivity index (χ1n) is 10.7. The number of piperidine rings is 1. The van der Waals surface area contributed by atoms with Crippen LogP contribution in [0.3, 0.4) is 0 Å². The Labute approximate surface area is 173 Å².